The van der Waals surface area contributed by atoms with Crippen LogP contribution in [0.25, 0.3) is 0 Å². The van der Waals surface area contributed by atoms with E-state index in [1.165, 1.54) is 0 Å². The number of hydrogen-bond donors (Lipinski definition) is 2. The number of nitrogens with one attached hydrogen (secondary N) is 2. The summed E-state index contributed by atoms with van der Waals surface area (Å²) in [5, 5.41) is 6.32. The van der Waals surface area contributed by atoms with Crippen molar-refractivity contribution in [2.24, 2.45) is 0 Å². The lowest BCUT2D eigenvalue weighted by Gasteiger charge is -2.35. The van der Waals surface area contributed by atoms with Gasteiger partial charge in [0, 0.05) is 39.4 Å². The molecule has 7 nitrogen and oxygen atoms in total. The Labute approximate surface area is 199 Å². The normalized spacial score (nSPS) is 19.2. The number of amides is 1. The number of anilines is 1. The second-order valence-corrected chi connectivity index (χ2v) is 9.00. The summed E-state index contributed by atoms with van der Waals surface area (Å²) < 4.78 is 17.2. The van der Waals surface area contributed by atoms with Crippen molar-refractivity contribution in [3.05, 3.63) is 69.0 Å². The SMILES string of the molecule is COc1ccccc1NC(=O)C1=C(C)NC2=C(C(=O)CCC2)[C@@H]1c1cc2c(cc1Br)OCO2. The first-order valence-corrected chi connectivity index (χ1v) is 11.5. The van der Waals surface area contributed by atoms with Gasteiger partial charge in [-0.1, -0.05) is 28.1 Å². The zero-order chi connectivity index (χ0) is 23.1. The van der Waals surface area contributed by atoms with Gasteiger partial charge in [0.25, 0.3) is 5.91 Å². The van der Waals surface area contributed by atoms with Crippen LogP contribution in [0.15, 0.2) is 63.4 Å². The molecule has 5 rings (SSSR count). The Morgan fingerprint density at radius 1 is 1.18 bits per heavy atom. The van der Waals surface area contributed by atoms with Gasteiger partial charge in [-0.15, -0.1) is 0 Å². The lowest BCUT2D eigenvalue weighted by atomic mass is 9.75. The number of hydrogen-bond acceptors (Lipinski definition) is 6. The Balaban J connectivity index is 1.63. The van der Waals surface area contributed by atoms with E-state index in [-0.39, 0.29) is 18.5 Å². The van der Waals surface area contributed by atoms with Gasteiger partial charge in [0.15, 0.2) is 17.3 Å². The number of rotatable bonds is 4. The Morgan fingerprint density at radius 2 is 1.94 bits per heavy atom. The monoisotopic (exact) mass is 510 g/mol. The van der Waals surface area contributed by atoms with Crippen LogP contribution in [0.1, 0.15) is 37.7 Å². The van der Waals surface area contributed by atoms with Crippen LogP contribution < -0.4 is 24.8 Å². The van der Waals surface area contributed by atoms with Gasteiger partial charge in [-0.05, 0) is 49.6 Å². The molecule has 33 heavy (non-hydrogen) atoms. The minimum absolute atomic E-state index is 0.0495. The number of para-hydroxylation sites is 2. The van der Waals surface area contributed by atoms with E-state index in [1.807, 2.05) is 31.2 Å². The van der Waals surface area contributed by atoms with Crippen molar-refractivity contribution in [2.45, 2.75) is 32.1 Å². The molecule has 2 aromatic rings. The fourth-order valence-electron chi connectivity index (χ4n) is 4.69. The number of fused-ring (bicyclic) bond motifs is 1. The van der Waals surface area contributed by atoms with Gasteiger partial charge in [-0.25, -0.2) is 0 Å². The van der Waals surface area contributed by atoms with Gasteiger partial charge in [0.05, 0.1) is 12.8 Å². The smallest absolute Gasteiger partial charge is 0.254 e. The number of ketones is 1. The Bertz CT molecular complexity index is 1230. The molecule has 0 radical (unpaired) electrons. The highest BCUT2D eigenvalue weighted by atomic mass is 79.9. The summed E-state index contributed by atoms with van der Waals surface area (Å²) in [5.74, 6) is 0.982. The van der Waals surface area contributed by atoms with Gasteiger partial charge in [-0.2, -0.15) is 0 Å². The standard InChI is InChI=1S/C25H23BrN2O5/c1-13-22(25(30)28-16-6-3-4-9-19(16)31-2)23(24-17(27-13)7-5-8-18(24)29)14-10-20-21(11-15(14)26)33-12-32-20/h3-4,6,9-11,23,27H,5,7-8,12H2,1-2H3,(H,28,30)/t23-/m1/s1. The maximum Gasteiger partial charge on any atom is 0.254 e. The molecule has 2 N–H and O–H groups in total. The fourth-order valence-corrected chi connectivity index (χ4v) is 5.24. The van der Waals surface area contributed by atoms with E-state index in [0.717, 1.165) is 28.6 Å². The first kappa shape index (κ1) is 21.6. The van der Waals surface area contributed by atoms with Crippen LogP contribution in [0.2, 0.25) is 0 Å². The number of Topliss-reactive ketones (excluding diaryl/α,β-unsaturated/α-hetero) is 1. The van der Waals surface area contributed by atoms with Crippen LogP contribution in [0.4, 0.5) is 5.69 Å². The molecule has 2 aromatic carbocycles. The molecule has 1 amide bonds. The molecule has 1 aliphatic carbocycles. The Hall–Kier alpha value is -3.26. The number of benzene rings is 2. The molecule has 0 saturated carbocycles. The van der Waals surface area contributed by atoms with E-state index < -0.39 is 5.92 Å². The Kier molecular flexibility index (Phi) is 5.62. The lowest BCUT2D eigenvalue weighted by Crippen LogP contribution is -2.35. The van der Waals surface area contributed by atoms with Crippen LogP contribution in [0.5, 0.6) is 17.2 Å². The number of methoxy groups -OCH3 is 1. The zero-order valence-corrected chi connectivity index (χ0v) is 19.9. The zero-order valence-electron chi connectivity index (χ0n) is 18.3. The maximum absolute atomic E-state index is 13.7. The molecule has 0 spiro atoms. The lowest BCUT2D eigenvalue weighted by molar-refractivity contribution is -0.116. The van der Waals surface area contributed by atoms with E-state index >= 15 is 0 Å². The quantitative estimate of drug-likeness (QED) is 0.614. The molecular weight excluding hydrogens is 488 g/mol. The van der Waals surface area contributed by atoms with Crippen molar-refractivity contribution in [3.8, 4) is 17.2 Å². The number of allylic oxidation sites excluding steroid dienone is 3. The molecule has 170 valence electrons. The van der Waals surface area contributed by atoms with Crippen LogP contribution in [-0.2, 0) is 9.59 Å². The molecule has 0 unspecified atom stereocenters. The molecule has 1 atom stereocenters. The van der Waals surface area contributed by atoms with Gasteiger partial charge >= 0.3 is 0 Å². The summed E-state index contributed by atoms with van der Waals surface area (Å²) in [6.45, 7) is 2.01. The summed E-state index contributed by atoms with van der Waals surface area (Å²) in [4.78, 5) is 26.8. The van der Waals surface area contributed by atoms with E-state index in [9.17, 15) is 9.59 Å². The van der Waals surface area contributed by atoms with Crippen molar-refractivity contribution < 1.29 is 23.8 Å². The molecule has 0 bridgehead atoms. The molecule has 0 fully saturated rings. The summed E-state index contributed by atoms with van der Waals surface area (Å²) in [7, 11) is 1.56. The number of dihydropyridines is 1. The predicted molar refractivity (Wildman–Crippen MR) is 126 cm³/mol. The average molecular weight is 511 g/mol. The number of halogens is 1. The van der Waals surface area contributed by atoms with Gasteiger partial charge < -0.3 is 24.8 Å². The van der Waals surface area contributed by atoms with Crippen molar-refractivity contribution in [2.75, 3.05) is 19.2 Å². The largest absolute Gasteiger partial charge is 0.495 e. The number of carbonyl (C=O) groups excluding carboxylic acids is 2. The van der Waals surface area contributed by atoms with Crippen LogP contribution in [-0.4, -0.2) is 25.6 Å². The predicted octanol–water partition coefficient (Wildman–Crippen LogP) is 4.79. The van der Waals surface area contributed by atoms with Crippen molar-refractivity contribution in [3.63, 3.8) is 0 Å². The number of carbonyl (C=O) groups is 2. The molecule has 2 aliphatic heterocycles. The molecule has 0 aromatic heterocycles. The van der Waals surface area contributed by atoms with E-state index in [4.69, 9.17) is 14.2 Å². The van der Waals surface area contributed by atoms with Crippen LogP contribution >= 0.6 is 15.9 Å². The third kappa shape index (κ3) is 3.78. The molecule has 2 heterocycles. The third-order valence-electron chi connectivity index (χ3n) is 6.18. The van der Waals surface area contributed by atoms with Crippen LogP contribution in [0, 0.1) is 0 Å². The average Bonchev–Trinajstić information content (AvgIpc) is 3.25. The summed E-state index contributed by atoms with van der Waals surface area (Å²) >= 11 is 3.64. The second-order valence-electron chi connectivity index (χ2n) is 8.15. The van der Waals surface area contributed by atoms with Crippen molar-refractivity contribution in [1.29, 1.82) is 0 Å². The second kappa shape index (κ2) is 8.59. The molecular formula is C25H23BrN2O5. The summed E-state index contributed by atoms with van der Waals surface area (Å²) in [6, 6.07) is 10.9. The topological polar surface area (TPSA) is 85.9 Å². The summed E-state index contributed by atoms with van der Waals surface area (Å²) in [6.07, 6.45) is 2.01. The molecule has 0 saturated heterocycles. The highest BCUT2D eigenvalue weighted by Crippen LogP contribution is 2.48. The highest BCUT2D eigenvalue weighted by molar-refractivity contribution is 9.10. The van der Waals surface area contributed by atoms with Gasteiger partial charge in [-0.3, -0.25) is 9.59 Å². The first-order chi connectivity index (χ1) is 16.0. The van der Waals surface area contributed by atoms with E-state index in [0.29, 0.717) is 46.2 Å². The summed E-state index contributed by atoms with van der Waals surface area (Å²) in [5.41, 5.74) is 4.06. The van der Waals surface area contributed by atoms with Crippen molar-refractivity contribution in [1.82, 2.24) is 5.32 Å². The van der Waals surface area contributed by atoms with Gasteiger partial charge in [0.1, 0.15) is 5.75 Å². The maximum atomic E-state index is 13.7. The minimum atomic E-state index is -0.548. The number of ether oxygens (including phenoxy) is 3. The molecule has 3 aliphatic rings. The van der Waals surface area contributed by atoms with E-state index in [1.54, 1.807) is 19.2 Å². The Morgan fingerprint density at radius 3 is 2.73 bits per heavy atom. The fraction of sp³-hybridized carbons (Fsp3) is 0.280. The minimum Gasteiger partial charge on any atom is -0.495 e. The molecule has 8 heteroatoms. The van der Waals surface area contributed by atoms with Gasteiger partial charge in [0.2, 0.25) is 6.79 Å². The first-order valence-electron chi connectivity index (χ1n) is 10.8. The third-order valence-corrected chi connectivity index (χ3v) is 6.87. The van der Waals surface area contributed by atoms with E-state index in [2.05, 4.69) is 26.6 Å². The van der Waals surface area contributed by atoms with Crippen LogP contribution in [0.3, 0.4) is 0 Å². The van der Waals surface area contributed by atoms with Crippen molar-refractivity contribution >= 4 is 33.3 Å². The highest BCUT2D eigenvalue weighted by Gasteiger charge is 2.40.